The first-order chi connectivity index (χ1) is 12.6. The number of amides is 1. The van der Waals surface area contributed by atoms with Gasteiger partial charge in [0, 0.05) is 32.3 Å². The molecule has 0 aliphatic heterocycles. The second-order valence-corrected chi connectivity index (χ2v) is 7.65. The Morgan fingerprint density at radius 2 is 1.92 bits per heavy atom. The maximum absolute atomic E-state index is 12.0. The summed E-state index contributed by atoms with van der Waals surface area (Å²) in [6.07, 6.45) is 4.41. The summed E-state index contributed by atoms with van der Waals surface area (Å²) in [4.78, 5) is 16.4. The summed E-state index contributed by atoms with van der Waals surface area (Å²) in [6.45, 7) is 0.877. The number of rotatable bonds is 11. The lowest BCUT2D eigenvalue weighted by atomic mass is 10.1. The molecule has 0 unspecified atom stereocenters. The number of aromatic nitrogens is 1. The smallest absolute Gasteiger partial charge is 0.356 e. The molecule has 0 bridgehead atoms. The molecule has 1 amide bonds. The molecule has 1 N–H and O–H groups in total. The summed E-state index contributed by atoms with van der Waals surface area (Å²) in [5, 5.41) is 3.93. The quantitative estimate of drug-likeness (QED) is 0.474. The van der Waals surface area contributed by atoms with Crippen molar-refractivity contribution in [2.45, 2.75) is 25.7 Å². The minimum absolute atomic E-state index is 0.0263. The van der Waals surface area contributed by atoms with Crippen LogP contribution in [0.25, 0.3) is 10.9 Å². The van der Waals surface area contributed by atoms with Crippen LogP contribution in [0.5, 0.6) is 0 Å². The third-order valence-electron chi connectivity index (χ3n) is 3.85. The van der Waals surface area contributed by atoms with E-state index in [1.54, 1.807) is 6.20 Å². The van der Waals surface area contributed by atoms with E-state index >= 15 is 0 Å². The van der Waals surface area contributed by atoms with Crippen LogP contribution < -0.4 is 5.32 Å². The largest absolute Gasteiger partial charge is 0.474 e. The van der Waals surface area contributed by atoms with Crippen LogP contribution in [-0.2, 0) is 29.4 Å². The van der Waals surface area contributed by atoms with E-state index < -0.39 is 7.82 Å². The van der Waals surface area contributed by atoms with Crippen LogP contribution in [-0.4, -0.2) is 38.3 Å². The first-order valence-corrected chi connectivity index (χ1v) is 9.99. The molecule has 0 aliphatic rings. The van der Waals surface area contributed by atoms with Gasteiger partial charge in [0.2, 0.25) is 5.91 Å². The molecule has 142 valence electrons. The van der Waals surface area contributed by atoms with Gasteiger partial charge in [0.25, 0.3) is 0 Å². The Kier molecular flexibility index (Phi) is 8.19. The minimum atomic E-state index is -3.38. The molecule has 1 aromatic carbocycles. The highest BCUT2D eigenvalue weighted by molar-refractivity contribution is 7.48. The molecule has 8 heteroatoms. The maximum Gasteiger partial charge on any atom is 0.474 e. The van der Waals surface area contributed by atoms with Gasteiger partial charge in [-0.15, -0.1) is 0 Å². The highest BCUT2D eigenvalue weighted by Crippen LogP contribution is 2.47. The Morgan fingerprint density at radius 1 is 1.15 bits per heavy atom. The minimum Gasteiger partial charge on any atom is -0.356 e. The van der Waals surface area contributed by atoms with E-state index in [0.717, 1.165) is 29.3 Å². The fraction of sp³-hybridized carbons (Fsp3) is 0.444. The van der Waals surface area contributed by atoms with Gasteiger partial charge in [0.1, 0.15) is 0 Å². The topological polar surface area (TPSA) is 86.8 Å². The highest BCUT2D eigenvalue weighted by atomic mass is 31.2. The number of carbonyl (C=O) groups excluding carboxylic acids is 1. The van der Waals surface area contributed by atoms with Gasteiger partial charge in [0.15, 0.2) is 0 Å². The lowest BCUT2D eigenvalue weighted by Gasteiger charge is -2.12. The number of hydrogen-bond donors (Lipinski definition) is 1. The van der Waals surface area contributed by atoms with Crippen LogP contribution in [0.15, 0.2) is 36.5 Å². The van der Waals surface area contributed by atoms with Gasteiger partial charge in [-0.1, -0.05) is 18.2 Å². The van der Waals surface area contributed by atoms with Crippen LogP contribution in [0.1, 0.15) is 24.8 Å². The molecule has 2 aromatic rings. The number of hydrogen-bond acceptors (Lipinski definition) is 6. The van der Waals surface area contributed by atoms with E-state index in [1.807, 2.05) is 30.3 Å². The van der Waals surface area contributed by atoms with E-state index in [0.29, 0.717) is 19.4 Å². The van der Waals surface area contributed by atoms with Crippen molar-refractivity contribution in [1.82, 2.24) is 10.3 Å². The predicted molar refractivity (Wildman–Crippen MR) is 99.9 cm³/mol. The normalized spacial score (nSPS) is 11.6. The molecule has 0 radical (unpaired) electrons. The summed E-state index contributed by atoms with van der Waals surface area (Å²) in [6, 6.07) is 9.81. The first kappa shape index (κ1) is 20.5. The molecule has 0 saturated carbocycles. The van der Waals surface area contributed by atoms with Crippen molar-refractivity contribution in [3.8, 4) is 0 Å². The Labute approximate surface area is 153 Å². The lowest BCUT2D eigenvalue weighted by molar-refractivity contribution is -0.120. The van der Waals surface area contributed by atoms with Gasteiger partial charge >= 0.3 is 7.82 Å². The molecule has 0 atom stereocenters. The second-order valence-electron chi connectivity index (χ2n) is 5.77. The monoisotopic (exact) mass is 380 g/mol. The van der Waals surface area contributed by atoms with Crippen molar-refractivity contribution >= 4 is 24.6 Å². The molecule has 0 saturated heterocycles. The van der Waals surface area contributed by atoms with Crippen molar-refractivity contribution in [1.29, 1.82) is 0 Å². The summed E-state index contributed by atoms with van der Waals surface area (Å²) in [5.74, 6) is -0.0263. The Balaban J connectivity index is 1.62. The molecule has 2 rings (SSSR count). The molecule has 0 fully saturated rings. The van der Waals surface area contributed by atoms with E-state index in [9.17, 15) is 9.36 Å². The van der Waals surface area contributed by atoms with E-state index in [1.165, 1.54) is 14.2 Å². The van der Waals surface area contributed by atoms with Gasteiger partial charge in [-0.2, -0.15) is 0 Å². The fourth-order valence-electron chi connectivity index (χ4n) is 2.45. The van der Waals surface area contributed by atoms with Gasteiger partial charge in [-0.25, -0.2) is 4.57 Å². The summed E-state index contributed by atoms with van der Waals surface area (Å²) in [5.41, 5.74) is 1.81. The van der Waals surface area contributed by atoms with Crippen LogP contribution in [0.4, 0.5) is 0 Å². The number of benzene rings is 1. The Bertz CT molecular complexity index is 760. The van der Waals surface area contributed by atoms with E-state index in [2.05, 4.69) is 19.3 Å². The van der Waals surface area contributed by atoms with E-state index in [-0.39, 0.29) is 12.5 Å². The third kappa shape index (κ3) is 6.50. The van der Waals surface area contributed by atoms with Crippen LogP contribution in [0, 0.1) is 0 Å². The SMILES string of the molecule is COP(=O)(OC)OCCCCCNC(=O)Cc1cnc2ccccc2c1. The zero-order chi connectivity index (χ0) is 18.8. The van der Waals surface area contributed by atoms with Crippen molar-refractivity contribution in [3.05, 3.63) is 42.1 Å². The molecular formula is C18H25N2O5P. The molecule has 7 nitrogen and oxygen atoms in total. The zero-order valence-corrected chi connectivity index (χ0v) is 16.0. The lowest BCUT2D eigenvalue weighted by Crippen LogP contribution is -2.26. The number of phosphoric ester groups is 1. The standard InChI is InChI=1S/C18H25N2O5P/c1-23-26(22,24-2)25-11-7-3-6-10-19-18(21)13-15-12-16-8-4-5-9-17(16)20-14-15/h4-5,8-9,12,14H,3,6-7,10-11,13H2,1-2H3,(H,19,21). The summed E-state index contributed by atoms with van der Waals surface area (Å²) < 4.78 is 26.1. The first-order valence-electron chi connectivity index (χ1n) is 8.53. The van der Waals surface area contributed by atoms with Crippen molar-refractivity contribution in [2.24, 2.45) is 0 Å². The molecule has 1 aromatic heterocycles. The Morgan fingerprint density at radius 3 is 2.69 bits per heavy atom. The average molecular weight is 380 g/mol. The number of nitrogens with zero attached hydrogens (tertiary/aromatic N) is 1. The van der Waals surface area contributed by atoms with Crippen LogP contribution in [0.2, 0.25) is 0 Å². The molecular weight excluding hydrogens is 355 g/mol. The number of unbranched alkanes of at least 4 members (excludes halogenated alkanes) is 2. The number of fused-ring (bicyclic) bond motifs is 1. The second kappa shape index (κ2) is 10.4. The van der Waals surface area contributed by atoms with Crippen LogP contribution in [0.3, 0.4) is 0 Å². The average Bonchev–Trinajstić information content (AvgIpc) is 2.67. The third-order valence-corrected chi connectivity index (χ3v) is 5.24. The number of phosphoric acid groups is 1. The molecule has 0 spiro atoms. The van der Waals surface area contributed by atoms with Gasteiger partial charge < -0.3 is 5.32 Å². The van der Waals surface area contributed by atoms with Gasteiger partial charge in [-0.3, -0.25) is 23.3 Å². The molecule has 0 aliphatic carbocycles. The number of pyridine rings is 1. The molecule has 1 heterocycles. The predicted octanol–water partition coefficient (Wildman–Crippen LogP) is 3.48. The van der Waals surface area contributed by atoms with Gasteiger partial charge in [-0.05, 0) is 37.0 Å². The molecule has 26 heavy (non-hydrogen) atoms. The number of para-hydroxylation sites is 1. The zero-order valence-electron chi connectivity index (χ0n) is 15.1. The summed E-state index contributed by atoms with van der Waals surface area (Å²) in [7, 11) is -0.819. The van der Waals surface area contributed by atoms with Crippen molar-refractivity contribution in [3.63, 3.8) is 0 Å². The highest BCUT2D eigenvalue weighted by Gasteiger charge is 2.21. The Hall–Kier alpha value is -1.79. The fourth-order valence-corrected chi connectivity index (χ4v) is 3.16. The van der Waals surface area contributed by atoms with Crippen molar-refractivity contribution < 1.29 is 22.9 Å². The van der Waals surface area contributed by atoms with E-state index in [4.69, 9.17) is 4.52 Å². The summed E-state index contributed by atoms with van der Waals surface area (Å²) >= 11 is 0. The van der Waals surface area contributed by atoms with Crippen LogP contribution >= 0.6 is 7.82 Å². The number of nitrogens with one attached hydrogen (secondary N) is 1. The van der Waals surface area contributed by atoms with Crippen molar-refractivity contribution in [2.75, 3.05) is 27.4 Å². The number of carbonyl (C=O) groups is 1. The van der Waals surface area contributed by atoms with Gasteiger partial charge in [0.05, 0.1) is 18.5 Å². The maximum atomic E-state index is 12.0.